The van der Waals surface area contributed by atoms with Crippen LogP contribution in [0.5, 0.6) is 5.75 Å². The number of amides is 2. The van der Waals surface area contributed by atoms with Crippen molar-refractivity contribution in [1.82, 2.24) is 0 Å². The van der Waals surface area contributed by atoms with Crippen molar-refractivity contribution in [3.05, 3.63) is 59.9 Å². The third-order valence-corrected chi connectivity index (χ3v) is 2.62. The summed E-state index contributed by atoms with van der Waals surface area (Å²) in [6.07, 6.45) is 0. The van der Waals surface area contributed by atoms with Gasteiger partial charge in [-0.2, -0.15) is 0 Å². The summed E-state index contributed by atoms with van der Waals surface area (Å²) in [4.78, 5) is 22.9. The molecule has 6 heteroatoms. The summed E-state index contributed by atoms with van der Waals surface area (Å²) in [5.41, 5.74) is 5.72. The molecule has 21 heavy (non-hydrogen) atoms. The van der Waals surface area contributed by atoms with E-state index in [1.807, 2.05) is 0 Å². The van der Waals surface area contributed by atoms with Crippen LogP contribution < -0.4 is 15.8 Å². The van der Waals surface area contributed by atoms with Crippen molar-refractivity contribution < 1.29 is 18.7 Å². The van der Waals surface area contributed by atoms with Crippen LogP contribution in [-0.2, 0) is 4.79 Å². The van der Waals surface area contributed by atoms with E-state index in [4.69, 9.17) is 10.5 Å². The lowest BCUT2D eigenvalue weighted by atomic mass is 10.2. The van der Waals surface area contributed by atoms with Crippen LogP contribution in [0.4, 0.5) is 10.1 Å². The highest BCUT2D eigenvalue weighted by Crippen LogP contribution is 2.17. The molecule has 2 aromatic rings. The molecule has 2 aromatic carbocycles. The lowest BCUT2D eigenvalue weighted by Gasteiger charge is -2.09. The summed E-state index contributed by atoms with van der Waals surface area (Å²) < 4.78 is 18.2. The van der Waals surface area contributed by atoms with E-state index in [0.29, 0.717) is 5.69 Å². The number of nitrogens with one attached hydrogen (secondary N) is 1. The summed E-state index contributed by atoms with van der Waals surface area (Å²) in [6, 6.07) is 11.8. The maximum Gasteiger partial charge on any atom is 0.262 e. The number of hydrogen-bond donors (Lipinski definition) is 2. The van der Waals surface area contributed by atoms with Crippen LogP contribution in [0.15, 0.2) is 48.5 Å². The van der Waals surface area contributed by atoms with Crippen molar-refractivity contribution in [2.45, 2.75) is 0 Å². The first-order valence-electron chi connectivity index (χ1n) is 6.13. The van der Waals surface area contributed by atoms with Gasteiger partial charge in [-0.05, 0) is 30.3 Å². The van der Waals surface area contributed by atoms with E-state index in [9.17, 15) is 14.0 Å². The van der Waals surface area contributed by atoms with E-state index < -0.39 is 17.6 Å². The fourth-order valence-corrected chi connectivity index (χ4v) is 1.70. The number of anilines is 1. The summed E-state index contributed by atoms with van der Waals surface area (Å²) in [7, 11) is 0. The lowest BCUT2D eigenvalue weighted by Crippen LogP contribution is -2.21. The number of rotatable bonds is 5. The molecule has 0 aliphatic heterocycles. The van der Waals surface area contributed by atoms with E-state index in [1.165, 1.54) is 30.3 Å². The second-order valence-electron chi connectivity index (χ2n) is 4.21. The smallest absolute Gasteiger partial charge is 0.262 e. The molecule has 0 saturated heterocycles. The number of halogens is 1. The van der Waals surface area contributed by atoms with Gasteiger partial charge < -0.3 is 15.8 Å². The molecule has 0 bridgehead atoms. The normalized spacial score (nSPS) is 9.95. The number of nitrogens with two attached hydrogens (primary N) is 1. The Bertz CT molecular complexity index is 673. The van der Waals surface area contributed by atoms with Gasteiger partial charge in [-0.15, -0.1) is 0 Å². The van der Waals surface area contributed by atoms with Gasteiger partial charge in [0, 0.05) is 5.69 Å². The van der Waals surface area contributed by atoms with Crippen LogP contribution in [0.25, 0.3) is 0 Å². The number of benzene rings is 2. The zero-order chi connectivity index (χ0) is 15.2. The second-order valence-corrected chi connectivity index (χ2v) is 4.21. The Morgan fingerprint density at radius 2 is 1.90 bits per heavy atom. The highest BCUT2D eigenvalue weighted by molar-refractivity contribution is 5.96. The van der Waals surface area contributed by atoms with Crippen LogP contribution in [0.2, 0.25) is 0 Å². The maximum absolute atomic E-state index is 13.0. The number of carbonyl (C=O) groups excluding carboxylic acids is 2. The van der Waals surface area contributed by atoms with E-state index >= 15 is 0 Å². The molecule has 0 aliphatic rings. The van der Waals surface area contributed by atoms with Crippen molar-refractivity contribution in [1.29, 1.82) is 0 Å². The molecule has 0 spiro atoms. The fourth-order valence-electron chi connectivity index (χ4n) is 1.70. The Hall–Kier alpha value is -2.89. The third kappa shape index (κ3) is 4.04. The molecule has 2 rings (SSSR count). The van der Waals surface area contributed by atoms with Crippen LogP contribution in [-0.4, -0.2) is 18.4 Å². The predicted molar refractivity (Wildman–Crippen MR) is 75.5 cm³/mol. The van der Waals surface area contributed by atoms with Crippen molar-refractivity contribution in [2.24, 2.45) is 5.73 Å². The van der Waals surface area contributed by atoms with Crippen LogP contribution in [0.1, 0.15) is 10.4 Å². The minimum absolute atomic E-state index is 0.191. The van der Waals surface area contributed by atoms with Crippen molar-refractivity contribution in [2.75, 3.05) is 11.9 Å². The molecule has 5 nitrogen and oxygen atoms in total. The summed E-state index contributed by atoms with van der Waals surface area (Å²) >= 11 is 0. The molecule has 0 radical (unpaired) electrons. The van der Waals surface area contributed by atoms with Gasteiger partial charge in [-0.3, -0.25) is 9.59 Å². The number of primary amides is 1. The van der Waals surface area contributed by atoms with Crippen molar-refractivity contribution in [3.63, 3.8) is 0 Å². The average molecular weight is 288 g/mol. The first-order chi connectivity index (χ1) is 10.1. The molecule has 0 atom stereocenters. The summed E-state index contributed by atoms with van der Waals surface area (Å²) in [6.45, 7) is -0.319. The standard InChI is InChI=1S/C15H13FN2O3/c16-10-4-3-5-11(8-10)18-14(19)9-21-13-7-2-1-6-12(13)15(17)20/h1-8H,9H2,(H2,17,20)(H,18,19). The Kier molecular flexibility index (Phi) is 4.50. The molecular formula is C15H13FN2O3. The van der Waals surface area contributed by atoms with Crippen LogP contribution in [0, 0.1) is 5.82 Å². The molecule has 108 valence electrons. The Morgan fingerprint density at radius 3 is 2.62 bits per heavy atom. The topological polar surface area (TPSA) is 81.4 Å². The molecule has 2 amide bonds. The minimum atomic E-state index is -0.642. The van der Waals surface area contributed by atoms with E-state index in [0.717, 1.165) is 0 Å². The Balaban J connectivity index is 1.97. The molecule has 3 N–H and O–H groups in total. The predicted octanol–water partition coefficient (Wildman–Crippen LogP) is 1.94. The van der Waals surface area contributed by atoms with Crippen molar-refractivity contribution >= 4 is 17.5 Å². The van der Waals surface area contributed by atoms with Gasteiger partial charge in [-0.1, -0.05) is 18.2 Å². The van der Waals surface area contributed by atoms with Gasteiger partial charge >= 0.3 is 0 Å². The Labute approximate surface area is 120 Å². The highest BCUT2D eigenvalue weighted by atomic mass is 19.1. The zero-order valence-corrected chi connectivity index (χ0v) is 11.0. The highest BCUT2D eigenvalue weighted by Gasteiger charge is 2.10. The molecule has 0 aromatic heterocycles. The van der Waals surface area contributed by atoms with Crippen LogP contribution >= 0.6 is 0 Å². The van der Waals surface area contributed by atoms with Gasteiger partial charge in [0.15, 0.2) is 6.61 Å². The zero-order valence-electron chi connectivity index (χ0n) is 11.0. The van der Waals surface area contributed by atoms with Gasteiger partial charge in [0.05, 0.1) is 5.56 Å². The number of hydrogen-bond acceptors (Lipinski definition) is 3. The average Bonchev–Trinajstić information content (AvgIpc) is 2.45. The first kappa shape index (κ1) is 14.5. The molecule has 0 heterocycles. The third-order valence-electron chi connectivity index (χ3n) is 2.62. The molecule has 0 saturated carbocycles. The molecule has 0 fully saturated rings. The number of para-hydroxylation sites is 1. The summed E-state index contributed by atoms with van der Waals surface area (Å²) in [5.74, 6) is -1.34. The largest absolute Gasteiger partial charge is 0.483 e. The molecule has 0 aliphatic carbocycles. The minimum Gasteiger partial charge on any atom is -0.483 e. The number of ether oxygens (including phenoxy) is 1. The lowest BCUT2D eigenvalue weighted by molar-refractivity contribution is -0.118. The van der Waals surface area contributed by atoms with Gasteiger partial charge in [0.1, 0.15) is 11.6 Å². The monoisotopic (exact) mass is 288 g/mol. The first-order valence-corrected chi connectivity index (χ1v) is 6.13. The molecule has 0 unspecified atom stereocenters. The van der Waals surface area contributed by atoms with Crippen molar-refractivity contribution in [3.8, 4) is 5.75 Å². The van der Waals surface area contributed by atoms with E-state index in [2.05, 4.69) is 5.32 Å². The summed E-state index contributed by atoms with van der Waals surface area (Å²) in [5, 5.41) is 2.48. The van der Waals surface area contributed by atoms with Gasteiger partial charge in [0.25, 0.3) is 11.8 Å². The SMILES string of the molecule is NC(=O)c1ccccc1OCC(=O)Nc1cccc(F)c1. The fraction of sp³-hybridized carbons (Fsp3) is 0.0667. The van der Waals surface area contributed by atoms with Crippen LogP contribution in [0.3, 0.4) is 0 Å². The van der Waals surface area contributed by atoms with Gasteiger partial charge in [-0.25, -0.2) is 4.39 Å². The Morgan fingerprint density at radius 1 is 1.14 bits per heavy atom. The van der Waals surface area contributed by atoms with Gasteiger partial charge in [0.2, 0.25) is 0 Å². The quantitative estimate of drug-likeness (QED) is 0.882. The molecular weight excluding hydrogens is 275 g/mol. The second kappa shape index (κ2) is 6.51. The number of carbonyl (C=O) groups is 2. The van der Waals surface area contributed by atoms with E-state index in [1.54, 1.807) is 18.2 Å². The maximum atomic E-state index is 13.0. The van der Waals surface area contributed by atoms with E-state index in [-0.39, 0.29) is 17.9 Å².